The van der Waals surface area contributed by atoms with Crippen LogP contribution in [0.3, 0.4) is 0 Å². The molecule has 2 aromatic rings. The zero-order chi connectivity index (χ0) is 21.6. The highest BCUT2D eigenvalue weighted by Gasteiger charge is 2.52. The number of hydrogen-bond donors (Lipinski definition) is 1. The van der Waals surface area contributed by atoms with Crippen LogP contribution in [0.15, 0.2) is 42.5 Å². The van der Waals surface area contributed by atoms with Crippen molar-refractivity contribution in [2.75, 3.05) is 5.32 Å². The summed E-state index contributed by atoms with van der Waals surface area (Å²) in [6, 6.07) is 12.2. The first-order valence-corrected chi connectivity index (χ1v) is 9.88. The summed E-state index contributed by atoms with van der Waals surface area (Å²) in [6.07, 6.45) is 0. The molecule has 2 aromatic carbocycles. The van der Waals surface area contributed by atoms with Crippen molar-refractivity contribution in [3.8, 4) is 0 Å². The van der Waals surface area contributed by atoms with Gasteiger partial charge in [-0.05, 0) is 56.9 Å². The van der Waals surface area contributed by atoms with Crippen LogP contribution in [0.4, 0.5) is 10.1 Å². The predicted molar refractivity (Wildman–Crippen MR) is 115 cm³/mol. The average molecular weight is 397 g/mol. The molecule has 29 heavy (non-hydrogen) atoms. The molecule has 0 aromatic heterocycles. The molecule has 1 aliphatic rings. The maximum Gasteiger partial charge on any atom is 0.497 e. The van der Waals surface area contributed by atoms with Crippen LogP contribution in [0.1, 0.15) is 64.4 Å². The molecule has 0 spiro atoms. The number of hydrogen-bond acceptors (Lipinski definition) is 3. The van der Waals surface area contributed by atoms with Crippen molar-refractivity contribution < 1.29 is 18.5 Å². The lowest BCUT2D eigenvalue weighted by atomic mass is 9.78. The zero-order valence-electron chi connectivity index (χ0n) is 18.2. The lowest BCUT2D eigenvalue weighted by Crippen LogP contribution is -2.41. The van der Waals surface area contributed by atoms with Crippen molar-refractivity contribution in [3.63, 3.8) is 0 Å². The third kappa shape index (κ3) is 4.24. The van der Waals surface area contributed by atoms with Gasteiger partial charge in [-0.15, -0.1) is 0 Å². The number of amides is 1. The molecule has 1 N–H and O–H groups in total. The second-order valence-electron chi connectivity index (χ2n) is 9.58. The Bertz CT molecular complexity index is 901. The molecule has 0 atom stereocenters. The summed E-state index contributed by atoms with van der Waals surface area (Å²) in [7, 11) is -0.831. The third-order valence-electron chi connectivity index (χ3n) is 5.80. The largest absolute Gasteiger partial charge is 0.497 e. The van der Waals surface area contributed by atoms with Gasteiger partial charge in [0.05, 0.1) is 16.9 Å². The molecule has 0 aliphatic carbocycles. The highest BCUT2D eigenvalue weighted by Crippen LogP contribution is 2.37. The van der Waals surface area contributed by atoms with Gasteiger partial charge in [-0.25, -0.2) is 4.39 Å². The van der Waals surface area contributed by atoms with Crippen LogP contribution in [-0.4, -0.2) is 24.2 Å². The van der Waals surface area contributed by atoms with Gasteiger partial charge in [-0.3, -0.25) is 4.79 Å². The Morgan fingerprint density at radius 1 is 0.966 bits per heavy atom. The van der Waals surface area contributed by atoms with Crippen molar-refractivity contribution >= 4 is 24.2 Å². The van der Waals surface area contributed by atoms with E-state index in [1.54, 1.807) is 24.3 Å². The van der Waals surface area contributed by atoms with E-state index in [2.05, 4.69) is 26.1 Å². The van der Waals surface area contributed by atoms with Crippen molar-refractivity contribution in [1.82, 2.24) is 0 Å². The molecular weight excluding hydrogens is 368 g/mol. The fourth-order valence-corrected chi connectivity index (χ4v) is 3.11. The van der Waals surface area contributed by atoms with Crippen LogP contribution >= 0.6 is 0 Å². The van der Waals surface area contributed by atoms with E-state index in [1.807, 2.05) is 39.8 Å². The third-order valence-corrected chi connectivity index (χ3v) is 5.80. The summed E-state index contributed by atoms with van der Waals surface area (Å²) < 4.78 is 27.0. The first-order chi connectivity index (χ1) is 13.3. The number of halogens is 1. The highest BCUT2D eigenvalue weighted by atomic mass is 19.1. The lowest BCUT2D eigenvalue weighted by molar-refractivity contribution is 0.00578. The van der Waals surface area contributed by atoms with Crippen LogP contribution in [0.2, 0.25) is 0 Å². The summed E-state index contributed by atoms with van der Waals surface area (Å²) in [5.41, 5.74) is 0.822. The first-order valence-electron chi connectivity index (χ1n) is 9.88. The lowest BCUT2D eigenvalue weighted by Gasteiger charge is -2.32. The summed E-state index contributed by atoms with van der Waals surface area (Å²) in [5, 5.41) is 2.66. The number of carbonyl (C=O) groups excluding carboxylic acids is 1. The normalized spacial score (nSPS) is 18.0. The molecule has 1 saturated heterocycles. The van der Waals surface area contributed by atoms with Crippen LogP contribution in [0.5, 0.6) is 0 Å². The average Bonchev–Trinajstić information content (AvgIpc) is 2.83. The molecular formula is C23H29BFNO3. The fourth-order valence-electron chi connectivity index (χ4n) is 3.11. The highest BCUT2D eigenvalue weighted by molar-refractivity contribution is 6.62. The van der Waals surface area contributed by atoms with Gasteiger partial charge in [0.1, 0.15) is 5.82 Å². The molecule has 3 rings (SSSR count). The summed E-state index contributed by atoms with van der Waals surface area (Å²) in [4.78, 5) is 12.6. The van der Waals surface area contributed by atoms with Gasteiger partial charge >= 0.3 is 7.12 Å². The van der Waals surface area contributed by atoms with E-state index in [0.717, 1.165) is 5.56 Å². The van der Waals surface area contributed by atoms with Gasteiger partial charge < -0.3 is 14.6 Å². The van der Waals surface area contributed by atoms with Crippen molar-refractivity contribution in [1.29, 1.82) is 0 Å². The Labute approximate surface area is 172 Å². The van der Waals surface area contributed by atoms with E-state index in [9.17, 15) is 4.79 Å². The van der Waals surface area contributed by atoms with E-state index in [4.69, 9.17) is 9.31 Å². The molecule has 0 unspecified atom stereocenters. The Morgan fingerprint density at radius 2 is 1.52 bits per heavy atom. The second-order valence-corrected chi connectivity index (χ2v) is 9.58. The smallest absolute Gasteiger partial charge is 0.399 e. The van der Waals surface area contributed by atoms with Gasteiger partial charge in [0.25, 0.3) is 5.91 Å². The standard InChI is InChI=1S/C23H29BFNO3/c1-21(2,3)16-13-11-15(12-14-16)20(27)26-18-10-8-9-17(19(18)25)24-28-22(4,5)23(6,7)29-24/h8-14H,1-7H3,(H,26,27). The Balaban J connectivity index is 1.81. The molecule has 4 nitrogen and oxygen atoms in total. The summed E-state index contributed by atoms with van der Waals surface area (Å²) >= 11 is 0. The number of nitrogens with one attached hydrogen (secondary N) is 1. The number of benzene rings is 2. The van der Waals surface area contributed by atoms with Crippen molar-refractivity contribution in [3.05, 3.63) is 59.4 Å². The zero-order valence-corrected chi connectivity index (χ0v) is 18.2. The minimum absolute atomic E-state index is 0.00170. The van der Waals surface area contributed by atoms with E-state index in [-0.39, 0.29) is 22.5 Å². The topological polar surface area (TPSA) is 47.6 Å². The van der Waals surface area contributed by atoms with Crippen molar-refractivity contribution in [2.24, 2.45) is 0 Å². The number of rotatable bonds is 3. The SMILES string of the molecule is CC(C)(C)c1ccc(C(=O)Nc2cccc(B3OC(C)(C)C(C)(C)O3)c2F)cc1. The molecule has 0 saturated carbocycles. The van der Waals surface area contributed by atoms with Crippen LogP contribution < -0.4 is 10.8 Å². The molecule has 1 heterocycles. The van der Waals surface area contributed by atoms with Gasteiger partial charge in [0.15, 0.2) is 0 Å². The number of anilines is 1. The fraction of sp³-hybridized carbons (Fsp3) is 0.435. The van der Waals surface area contributed by atoms with E-state index in [0.29, 0.717) is 5.56 Å². The summed E-state index contributed by atoms with van der Waals surface area (Å²) in [6.45, 7) is 14.0. The maximum atomic E-state index is 15.1. The van der Waals surface area contributed by atoms with Crippen LogP contribution in [0.25, 0.3) is 0 Å². The monoisotopic (exact) mass is 397 g/mol. The maximum absolute atomic E-state index is 15.1. The van der Waals surface area contributed by atoms with E-state index < -0.39 is 24.1 Å². The number of carbonyl (C=O) groups is 1. The molecule has 6 heteroatoms. The summed E-state index contributed by atoms with van der Waals surface area (Å²) in [5.74, 6) is -0.916. The second kappa shape index (κ2) is 7.26. The van der Waals surface area contributed by atoms with Gasteiger partial charge in [-0.2, -0.15) is 0 Å². The van der Waals surface area contributed by atoms with Crippen molar-refractivity contribution in [2.45, 2.75) is 65.1 Å². The van der Waals surface area contributed by atoms with Crippen LogP contribution in [0, 0.1) is 5.82 Å². The minimum atomic E-state index is -0.831. The molecule has 1 aliphatic heterocycles. The predicted octanol–water partition coefficient (Wildman–Crippen LogP) is 4.67. The van der Waals surface area contributed by atoms with Gasteiger partial charge in [0.2, 0.25) is 0 Å². The Kier molecular flexibility index (Phi) is 5.39. The molecule has 0 bridgehead atoms. The van der Waals surface area contributed by atoms with Gasteiger partial charge in [0, 0.05) is 11.0 Å². The van der Waals surface area contributed by atoms with E-state index >= 15 is 4.39 Å². The first kappa shape index (κ1) is 21.5. The molecule has 1 amide bonds. The minimum Gasteiger partial charge on any atom is -0.399 e. The Morgan fingerprint density at radius 3 is 2.03 bits per heavy atom. The van der Waals surface area contributed by atoms with E-state index in [1.165, 1.54) is 6.07 Å². The van der Waals surface area contributed by atoms with Gasteiger partial charge in [-0.1, -0.05) is 45.0 Å². The molecule has 0 radical (unpaired) electrons. The van der Waals surface area contributed by atoms with Crippen LogP contribution in [-0.2, 0) is 14.7 Å². The molecule has 154 valence electrons. The Hall–Kier alpha value is -2.18. The molecule has 1 fully saturated rings. The quantitative estimate of drug-likeness (QED) is 0.766.